The Kier molecular flexibility index (Phi) is 9.15. The van der Waals surface area contributed by atoms with Gasteiger partial charge in [0.15, 0.2) is 0 Å². The number of para-hydroxylation sites is 2. The van der Waals surface area contributed by atoms with Crippen molar-refractivity contribution in [2.24, 2.45) is 0 Å². The molecule has 0 aromatic heterocycles. The van der Waals surface area contributed by atoms with E-state index in [2.05, 4.69) is 10.6 Å². The minimum absolute atomic E-state index is 0.0457. The Morgan fingerprint density at radius 3 is 2.34 bits per heavy atom. The Balaban J connectivity index is 0.000000235. The van der Waals surface area contributed by atoms with Gasteiger partial charge in [-0.3, -0.25) is 9.59 Å². The molecule has 0 saturated heterocycles. The highest BCUT2D eigenvalue weighted by Gasteiger charge is 2.29. The first-order chi connectivity index (χ1) is 15.2. The number of methoxy groups -OCH3 is 1. The Morgan fingerprint density at radius 1 is 1.00 bits per heavy atom. The minimum Gasteiger partial charge on any atom is -0.496 e. The molecule has 5 nitrogen and oxygen atoms in total. The van der Waals surface area contributed by atoms with Crippen LogP contribution in [0.5, 0.6) is 5.75 Å². The van der Waals surface area contributed by atoms with E-state index < -0.39 is 5.51 Å². The molecule has 0 aliphatic heterocycles. The van der Waals surface area contributed by atoms with Gasteiger partial charge in [0.25, 0.3) is 5.91 Å². The summed E-state index contributed by atoms with van der Waals surface area (Å²) in [4.78, 5) is 22.2. The second-order valence-corrected chi connectivity index (χ2v) is 7.45. The van der Waals surface area contributed by atoms with Gasteiger partial charge in [0, 0.05) is 16.3 Å². The molecular weight excluding hydrogens is 441 g/mol. The molecule has 168 valence electrons. The highest BCUT2D eigenvalue weighted by Crippen LogP contribution is 2.37. The first-order valence-electron chi connectivity index (χ1n) is 9.29. The molecule has 0 saturated carbocycles. The Bertz CT molecular complexity index is 1060. The number of anilines is 2. The molecule has 3 aromatic carbocycles. The lowest BCUT2D eigenvalue weighted by atomic mass is 10.1. The molecule has 2 amide bonds. The largest absolute Gasteiger partial charge is 0.496 e. The lowest BCUT2D eigenvalue weighted by Gasteiger charge is -2.10. The molecular formula is C23H21F3N2O3S. The van der Waals surface area contributed by atoms with Gasteiger partial charge in [-0.25, -0.2) is 0 Å². The summed E-state index contributed by atoms with van der Waals surface area (Å²) in [5.74, 6) is 0.408. The summed E-state index contributed by atoms with van der Waals surface area (Å²) in [6.07, 6.45) is 0.414. The van der Waals surface area contributed by atoms with Crippen LogP contribution < -0.4 is 15.4 Å². The Hall–Kier alpha value is -3.46. The van der Waals surface area contributed by atoms with Crippen LogP contribution in [0.2, 0.25) is 0 Å². The zero-order chi connectivity index (χ0) is 23.6. The number of thioether (sulfide) groups is 1. The lowest BCUT2D eigenvalue weighted by molar-refractivity contribution is -0.105. The maximum absolute atomic E-state index is 12.2. The van der Waals surface area contributed by atoms with Gasteiger partial charge >= 0.3 is 5.51 Å². The number of rotatable bonds is 6. The van der Waals surface area contributed by atoms with E-state index in [1.807, 2.05) is 43.3 Å². The van der Waals surface area contributed by atoms with Crippen LogP contribution in [0.3, 0.4) is 0 Å². The van der Waals surface area contributed by atoms with Crippen molar-refractivity contribution >= 4 is 35.5 Å². The fourth-order valence-electron chi connectivity index (χ4n) is 2.59. The van der Waals surface area contributed by atoms with Crippen molar-refractivity contribution in [2.75, 3.05) is 17.7 Å². The zero-order valence-corrected chi connectivity index (χ0v) is 18.1. The molecule has 3 rings (SSSR count). The number of nitrogens with one attached hydrogen (secondary N) is 2. The number of hydrogen-bond donors (Lipinski definition) is 2. The molecule has 0 fully saturated rings. The molecule has 0 unspecified atom stereocenters. The topological polar surface area (TPSA) is 67.4 Å². The highest BCUT2D eigenvalue weighted by molar-refractivity contribution is 8.00. The van der Waals surface area contributed by atoms with Crippen molar-refractivity contribution in [3.8, 4) is 5.75 Å². The normalized spacial score (nSPS) is 10.4. The summed E-state index contributed by atoms with van der Waals surface area (Å²) in [6, 6.07) is 20.4. The maximum Gasteiger partial charge on any atom is 0.446 e. The zero-order valence-electron chi connectivity index (χ0n) is 17.3. The number of ether oxygens (including phenoxy) is 1. The quantitative estimate of drug-likeness (QED) is 0.342. The van der Waals surface area contributed by atoms with Crippen LogP contribution in [0.4, 0.5) is 24.5 Å². The van der Waals surface area contributed by atoms with Gasteiger partial charge in [-0.15, -0.1) is 0 Å². The van der Waals surface area contributed by atoms with Crippen LogP contribution in [0.1, 0.15) is 15.9 Å². The summed E-state index contributed by atoms with van der Waals surface area (Å²) in [7, 11) is 1.56. The Labute approximate surface area is 188 Å². The van der Waals surface area contributed by atoms with Gasteiger partial charge in [-0.2, -0.15) is 13.2 Å². The molecule has 0 heterocycles. The third-order valence-electron chi connectivity index (χ3n) is 4.04. The molecule has 0 spiro atoms. The van der Waals surface area contributed by atoms with Crippen molar-refractivity contribution in [3.63, 3.8) is 0 Å². The number of hydrogen-bond acceptors (Lipinski definition) is 4. The summed E-state index contributed by atoms with van der Waals surface area (Å²) < 4.78 is 41.0. The van der Waals surface area contributed by atoms with Crippen LogP contribution >= 0.6 is 11.8 Å². The van der Waals surface area contributed by atoms with Gasteiger partial charge in [-0.05, 0) is 60.6 Å². The van der Waals surface area contributed by atoms with Crippen LogP contribution in [-0.2, 0) is 4.79 Å². The summed E-state index contributed by atoms with van der Waals surface area (Å²) in [5, 5.41) is 5.15. The second kappa shape index (κ2) is 11.8. The number of alkyl halides is 3. The smallest absolute Gasteiger partial charge is 0.446 e. The lowest BCUT2D eigenvalue weighted by Crippen LogP contribution is -2.13. The van der Waals surface area contributed by atoms with Gasteiger partial charge in [0.2, 0.25) is 6.41 Å². The molecule has 0 atom stereocenters. The monoisotopic (exact) mass is 462 g/mol. The fourth-order valence-corrected chi connectivity index (χ4v) is 3.19. The molecule has 9 heteroatoms. The van der Waals surface area contributed by atoms with E-state index in [4.69, 9.17) is 4.74 Å². The average Bonchev–Trinajstić information content (AvgIpc) is 2.75. The van der Waals surface area contributed by atoms with Crippen molar-refractivity contribution in [1.82, 2.24) is 0 Å². The summed E-state index contributed by atoms with van der Waals surface area (Å²) >= 11 is -0.215. The van der Waals surface area contributed by atoms with Crippen LogP contribution in [0.25, 0.3) is 0 Å². The number of amides is 2. The summed E-state index contributed by atoms with van der Waals surface area (Å²) in [6.45, 7) is 1.96. The van der Waals surface area contributed by atoms with E-state index in [0.717, 1.165) is 11.3 Å². The number of halogens is 3. The summed E-state index contributed by atoms with van der Waals surface area (Å²) in [5.41, 5.74) is -1.59. The maximum atomic E-state index is 12.2. The van der Waals surface area contributed by atoms with Gasteiger partial charge < -0.3 is 15.4 Å². The predicted octanol–water partition coefficient (Wildman–Crippen LogP) is 6.12. The van der Waals surface area contributed by atoms with Crippen molar-refractivity contribution in [2.45, 2.75) is 17.3 Å². The van der Waals surface area contributed by atoms with E-state index in [-0.39, 0.29) is 22.6 Å². The standard InChI is InChI=1S/C15H15NO2.C8H6F3NOS/c1-11-7-3-5-9-13(11)16-15(17)12-8-4-6-10-14(12)18-2;9-8(10,11)14-7-3-1-2-6(4-7)12-5-13/h3-10H,1-2H3,(H,16,17);1-5H,(H,12,13). The van der Waals surface area contributed by atoms with E-state index in [1.54, 1.807) is 19.2 Å². The van der Waals surface area contributed by atoms with E-state index >= 15 is 0 Å². The molecule has 0 aliphatic carbocycles. The molecule has 32 heavy (non-hydrogen) atoms. The third kappa shape index (κ3) is 7.99. The molecule has 3 aromatic rings. The van der Waals surface area contributed by atoms with Crippen LogP contribution in [0, 0.1) is 6.92 Å². The van der Waals surface area contributed by atoms with Gasteiger partial charge in [0.1, 0.15) is 5.75 Å². The van der Waals surface area contributed by atoms with Crippen LogP contribution in [0.15, 0.2) is 77.7 Å². The van der Waals surface area contributed by atoms with Crippen molar-refractivity contribution in [3.05, 3.63) is 83.9 Å². The van der Waals surface area contributed by atoms with E-state index in [9.17, 15) is 22.8 Å². The number of aryl methyl sites for hydroxylation is 1. The second-order valence-electron chi connectivity index (χ2n) is 6.31. The predicted molar refractivity (Wildman–Crippen MR) is 120 cm³/mol. The van der Waals surface area contributed by atoms with Crippen molar-refractivity contribution in [1.29, 1.82) is 0 Å². The fraction of sp³-hybridized carbons (Fsp3) is 0.130. The van der Waals surface area contributed by atoms with E-state index in [1.165, 1.54) is 24.3 Å². The van der Waals surface area contributed by atoms with Gasteiger partial charge in [-0.1, -0.05) is 36.4 Å². The third-order valence-corrected chi connectivity index (χ3v) is 4.76. The van der Waals surface area contributed by atoms with Crippen LogP contribution in [-0.4, -0.2) is 24.9 Å². The van der Waals surface area contributed by atoms with E-state index in [0.29, 0.717) is 23.4 Å². The van der Waals surface area contributed by atoms with Gasteiger partial charge in [0.05, 0.1) is 12.7 Å². The number of carbonyl (C=O) groups excluding carboxylic acids is 2. The highest BCUT2D eigenvalue weighted by atomic mass is 32.2. The number of benzene rings is 3. The minimum atomic E-state index is -4.31. The molecule has 2 N–H and O–H groups in total. The number of carbonyl (C=O) groups is 2. The molecule has 0 bridgehead atoms. The first-order valence-corrected chi connectivity index (χ1v) is 10.1. The average molecular weight is 462 g/mol. The first kappa shape index (κ1) is 24.8. The SMILES string of the molecule is COc1ccccc1C(=O)Nc1ccccc1C.O=CNc1cccc(SC(F)(F)F)c1. The Morgan fingerprint density at radius 2 is 1.69 bits per heavy atom. The molecule has 0 radical (unpaired) electrons. The van der Waals surface area contributed by atoms with Crippen molar-refractivity contribution < 1.29 is 27.5 Å². The molecule has 0 aliphatic rings.